The molecule has 0 aromatic heterocycles. The van der Waals surface area contributed by atoms with Crippen molar-refractivity contribution in [3.05, 3.63) is 70.3 Å². The van der Waals surface area contributed by atoms with Gasteiger partial charge < -0.3 is 5.11 Å². The van der Waals surface area contributed by atoms with Crippen LogP contribution in [0.15, 0.2) is 36.4 Å². The molecule has 1 atom stereocenters. The lowest BCUT2D eigenvalue weighted by molar-refractivity contribution is 0.426. The summed E-state index contributed by atoms with van der Waals surface area (Å²) in [6, 6.07) is 11.8. The van der Waals surface area contributed by atoms with Crippen molar-refractivity contribution in [2.75, 3.05) is 0 Å². The van der Waals surface area contributed by atoms with Crippen LogP contribution in [0.25, 0.3) is 4.85 Å². The van der Waals surface area contributed by atoms with Gasteiger partial charge in [0.25, 0.3) is 0 Å². The van der Waals surface area contributed by atoms with Gasteiger partial charge in [-0.2, -0.15) is 5.26 Å². The van der Waals surface area contributed by atoms with Crippen LogP contribution in [0.1, 0.15) is 22.6 Å². The van der Waals surface area contributed by atoms with Crippen LogP contribution in [0.2, 0.25) is 0 Å². The minimum absolute atomic E-state index is 0.198. The van der Waals surface area contributed by atoms with E-state index in [2.05, 4.69) is 10.9 Å². The topological polar surface area (TPSA) is 48.4 Å². The van der Waals surface area contributed by atoms with Gasteiger partial charge in [0, 0.05) is 5.56 Å². The third kappa shape index (κ3) is 3.19. The molecule has 2 aromatic carbocycles. The highest BCUT2D eigenvalue weighted by Crippen LogP contribution is 2.29. The molecule has 0 aliphatic rings. The predicted molar refractivity (Wildman–Crippen MR) is 77.6 cm³/mol. The molecule has 21 heavy (non-hydrogen) atoms. The number of hydrogen-bond acceptors (Lipinski definition) is 2. The second-order valence-corrected chi connectivity index (χ2v) is 4.85. The largest absolute Gasteiger partial charge is 0.505 e. The van der Waals surface area contributed by atoms with Crippen LogP contribution in [0.5, 0.6) is 5.75 Å². The Labute approximate surface area is 122 Å². The van der Waals surface area contributed by atoms with Crippen LogP contribution in [0.4, 0.5) is 10.1 Å². The highest BCUT2D eigenvalue weighted by molar-refractivity contribution is 5.46. The van der Waals surface area contributed by atoms with Crippen LogP contribution in [0.3, 0.4) is 0 Å². The van der Waals surface area contributed by atoms with Gasteiger partial charge in [-0.1, -0.05) is 30.3 Å². The van der Waals surface area contributed by atoms with Crippen molar-refractivity contribution in [2.45, 2.75) is 19.3 Å². The molecule has 0 fully saturated rings. The molecular weight excluding hydrogens is 267 g/mol. The Morgan fingerprint density at radius 1 is 1.33 bits per heavy atom. The number of nitrogens with zero attached hydrogens (tertiary/aromatic N) is 2. The summed E-state index contributed by atoms with van der Waals surface area (Å²) >= 11 is 0. The minimum Gasteiger partial charge on any atom is -0.505 e. The second kappa shape index (κ2) is 6.07. The number of phenols is 1. The second-order valence-electron chi connectivity index (χ2n) is 4.85. The molecule has 0 aliphatic heterocycles. The summed E-state index contributed by atoms with van der Waals surface area (Å²) in [6.07, 6.45) is 0.328. The lowest BCUT2D eigenvalue weighted by atomic mass is 9.91. The lowest BCUT2D eigenvalue weighted by Gasteiger charge is -2.13. The van der Waals surface area contributed by atoms with Gasteiger partial charge in [0.2, 0.25) is 0 Å². The lowest BCUT2D eigenvalue weighted by Crippen LogP contribution is -2.04. The Morgan fingerprint density at radius 2 is 2.00 bits per heavy atom. The first-order valence-corrected chi connectivity index (χ1v) is 6.40. The number of nitriles is 1. The van der Waals surface area contributed by atoms with E-state index in [0.29, 0.717) is 17.7 Å². The summed E-state index contributed by atoms with van der Waals surface area (Å²) in [6.45, 7) is 8.63. The van der Waals surface area contributed by atoms with Crippen molar-refractivity contribution < 1.29 is 9.50 Å². The third-order valence-electron chi connectivity index (χ3n) is 3.26. The average molecular weight is 280 g/mol. The van der Waals surface area contributed by atoms with Gasteiger partial charge in [0.15, 0.2) is 17.3 Å². The smallest absolute Gasteiger partial charge is 0.187 e. The maximum atomic E-state index is 14.0. The molecule has 0 radical (unpaired) electrons. The van der Waals surface area contributed by atoms with E-state index in [4.69, 9.17) is 6.57 Å². The monoisotopic (exact) mass is 280 g/mol. The molecular formula is C17H13FN2O. The minimum atomic E-state index is -0.745. The highest BCUT2D eigenvalue weighted by atomic mass is 19.1. The van der Waals surface area contributed by atoms with Crippen LogP contribution < -0.4 is 0 Å². The van der Waals surface area contributed by atoms with E-state index < -0.39 is 17.5 Å². The first-order valence-electron chi connectivity index (χ1n) is 6.40. The van der Waals surface area contributed by atoms with E-state index in [-0.39, 0.29) is 5.56 Å². The Balaban J connectivity index is 2.32. The molecule has 1 unspecified atom stereocenters. The van der Waals surface area contributed by atoms with Crippen LogP contribution in [-0.4, -0.2) is 5.11 Å². The number of aromatic hydroxyl groups is 1. The van der Waals surface area contributed by atoms with Gasteiger partial charge >= 0.3 is 0 Å². The Morgan fingerprint density at radius 3 is 2.57 bits per heavy atom. The van der Waals surface area contributed by atoms with E-state index in [0.717, 1.165) is 5.56 Å². The summed E-state index contributed by atoms with van der Waals surface area (Å²) in [4.78, 5) is 3.30. The molecule has 4 heteroatoms. The van der Waals surface area contributed by atoms with Crippen LogP contribution in [-0.2, 0) is 6.42 Å². The Hall–Kier alpha value is -2.85. The summed E-state index contributed by atoms with van der Waals surface area (Å²) in [5.74, 6) is -1.87. The highest BCUT2D eigenvalue weighted by Gasteiger charge is 2.19. The van der Waals surface area contributed by atoms with E-state index in [9.17, 15) is 14.8 Å². The van der Waals surface area contributed by atoms with Crippen molar-refractivity contribution in [3.63, 3.8) is 0 Å². The van der Waals surface area contributed by atoms with Crippen molar-refractivity contribution in [2.24, 2.45) is 0 Å². The van der Waals surface area contributed by atoms with Gasteiger partial charge in [0.1, 0.15) is 0 Å². The summed E-state index contributed by atoms with van der Waals surface area (Å²) in [5.41, 5.74) is 2.26. The summed E-state index contributed by atoms with van der Waals surface area (Å²) in [5, 5.41) is 18.8. The molecule has 0 amide bonds. The van der Waals surface area contributed by atoms with Crippen molar-refractivity contribution in [3.8, 4) is 11.8 Å². The molecule has 0 saturated carbocycles. The molecule has 3 nitrogen and oxygen atoms in total. The zero-order valence-electron chi connectivity index (χ0n) is 11.5. The molecule has 0 spiro atoms. The van der Waals surface area contributed by atoms with Gasteiger partial charge in [-0.05, 0) is 30.5 Å². The zero-order valence-corrected chi connectivity index (χ0v) is 11.5. The van der Waals surface area contributed by atoms with E-state index in [1.165, 1.54) is 6.07 Å². The molecule has 104 valence electrons. The van der Waals surface area contributed by atoms with E-state index >= 15 is 0 Å². The number of benzene rings is 2. The fourth-order valence-corrected chi connectivity index (χ4v) is 2.20. The number of rotatable bonds is 3. The van der Waals surface area contributed by atoms with Crippen molar-refractivity contribution in [1.29, 1.82) is 5.26 Å². The van der Waals surface area contributed by atoms with E-state index in [1.54, 1.807) is 37.3 Å². The molecule has 2 aromatic rings. The molecule has 0 bridgehead atoms. The molecule has 2 rings (SSSR count). The molecule has 0 saturated heterocycles. The van der Waals surface area contributed by atoms with Gasteiger partial charge in [-0.25, -0.2) is 9.24 Å². The van der Waals surface area contributed by atoms with Crippen LogP contribution >= 0.6 is 0 Å². The number of halogens is 1. The third-order valence-corrected chi connectivity index (χ3v) is 3.26. The Kier molecular flexibility index (Phi) is 4.21. The maximum absolute atomic E-state index is 14.0. The van der Waals surface area contributed by atoms with E-state index in [1.807, 2.05) is 0 Å². The molecule has 0 heterocycles. The Bertz CT molecular complexity index is 739. The van der Waals surface area contributed by atoms with Crippen molar-refractivity contribution >= 4 is 5.69 Å². The van der Waals surface area contributed by atoms with Gasteiger partial charge in [-0.15, -0.1) is 0 Å². The number of aryl methyl sites for hydroxylation is 1. The first-order chi connectivity index (χ1) is 10.0. The molecule has 0 aliphatic carbocycles. The number of phenolic OH excluding ortho intramolecular Hbond substituents is 1. The molecule has 1 N–H and O–H groups in total. The fourth-order valence-electron chi connectivity index (χ4n) is 2.20. The predicted octanol–water partition coefficient (Wildman–Crippen LogP) is 4.24. The van der Waals surface area contributed by atoms with Crippen molar-refractivity contribution in [1.82, 2.24) is 0 Å². The maximum Gasteiger partial charge on any atom is 0.187 e. The summed E-state index contributed by atoms with van der Waals surface area (Å²) < 4.78 is 14.0. The van der Waals surface area contributed by atoms with Crippen LogP contribution in [0, 0.1) is 30.6 Å². The SMILES string of the molecule is [C-]#[N+]c1ccc(CC(C#N)c2cc(C)cc(O)c2F)cc1. The van der Waals surface area contributed by atoms with Gasteiger partial charge in [0.05, 0.1) is 18.6 Å². The fraction of sp³-hybridized carbons (Fsp3) is 0.176. The first kappa shape index (κ1) is 14.6. The normalized spacial score (nSPS) is 11.4. The standard InChI is InChI=1S/C17H13FN2O/c1-11-7-15(17(18)16(21)8-11)13(10-19)9-12-3-5-14(20-2)6-4-12/h3-8,13,21H,9H2,1H3. The average Bonchev–Trinajstić information content (AvgIpc) is 2.49. The number of hydrogen-bond donors (Lipinski definition) is 1. The quantitative estimate of drug-likeness (QED) is 0.855. The zero-order chi connectivity index (χ0) is 15.4. The summed E-state index contributed by atoms with van der Waals surface area (Å²) in [7, 11) is 0. The van der Waals surface area contributed by atoms with Gasteiger partial charge in [-0.3, -0.25) is 0 Å².